The maximum Gasteiger partial charge on any atom is 0.416 e. The van der Waals surface area contributed by atoms with Gasteiger partial charge in [-0.25, -0.2) is 4.39 Å². The Hall–Kier alpha value is -5.03. The second kappa shape index (κ2) is 15.0. The number of rotatable bonds is 12. The number of esters is 1. The highest BCUT2D eigenvalue weighted by molar-refractivity contribution is 6.07. The van der Waals surface area contributed by atoms with E-state index in [9.17, 15) is 37.1 Å². The highest BCUT2D eigenvalue weighted by atomic mass is 19.4. The van der Waals surface area contributed by atoms with Crippen LogP contribution in [-0.4, -0.2) is 40.5 Å². The van der Waals surface area contributed by atoms with E-state index in [0.29, 0.717) is 27.9 Å². The van der Waals surface area contributed by atoms with Crippen molar-refractivity contribution in [3.8, 4) is 22.3 Å². The number of aromatic nitrogens is 1. The van der Waals surface area contributed by atoms with Crippen LogP contribution in [0.15, 0.2) is 84.9 Å². The van der Waals surface area contributed by atoms with E-state index in [1.165, 1.54) is 43.5 Å². The molecule has 7 nitrogen and oxygen atoms in total. The van der Waals surface area contributed by atoms with E-state index in [1.807, 2.05) is 13.8 Å². The number of aliphatic hydroxyl groups excluding tert-OH is 1. The number of alkyl halides is 3. The third-order valence-electron chi connectivity index (χ3n) is 7.37. The standard InChI is InChI=1S/C36H34F4N2O5/c1-22(2)42-30(17-16-28(43)19-29(44)20-31(45)47-3)32(25-12-14-27(37)15-13-25)33(24-9-5-4-6-10-24)34(42)35(46)41-21-23-8-7-11-26(18-23)36(38,39)40/h4-18,22,29,44H,19-21H2,1-3H3,(H,41,46)/b17-16+/t29-/m1/s1. The molecule has 0 radical (unpaired) electrons. The number of ketones is 1. The van der Waals surface area contributed by atoms with Gasteiger partial charge in [0.2, 0.25) is 0 Å². The zero-order valence-corrected chi connectivity index (χ0v) is 26.0. The highest BCUT2D eigenvalue weighted by Crippen LogP contribution is 2.42. The van der Waals surface area contributed by atoms with Crippen molar-refractivity contribution in [1.29, 1.82) is 0 Å². The van der Waals surface area contributed by atoms with Crippen molar-refractivity contribution in [3.05, 3.63) is 113 Å². The largest absolute Gasteiger partial charge is 0.469 e. The summed E-state index contributed by atoms with van der Waals surface area (Å²) in [5.74, 6) is -2.24. The number of amides is 1. The minimum Gasteiger partial charge on any atom is -0.469 e. The lowest BCUT2D eigenvalue weighted by Crippen LogP contribution is -2.27. The fraction of sp³-hybridized carbons (Fsp3) is 0.250. The number of carbonyl (C=O) groups excluding carboxylic acids is 3. The van der Waals surface area contributed by atoms with Crippen LogP contribution < -0.4 is 5.32 Å². The smallest absolute Gasteiger partial charge is 0.416 e. The predicted molar refractivity (Wildman–Crippen MR) is 170 cm³/mol. The number of benzene rings is 3. The SMILES string of the molecule is COC(=O)C[C@H](O)CC(=O)/C=C/c1c(-c2ccc(F)cc2)c(-c2ccccc2)c(C(=O)NCc2cccc(C(F)(F)F)c2)n1C(C)C. The molecule has 0 aliphatic carbocycles. The van der Waals surface area contributed by atoms with Crippen molar-refractivity contribution in [2.45, 2.75) is 51.6 Å². The molecule has 0 fully saturated rings. The summed E-state index contributed by atoms with van der Waals surface area (Å²) >= 11 is 0. The molecule has 246 valence electrons. The third-order valence-corrected chi connectivity index (χ3v) is 7.37. The highest BCUT2D eigenvalue weighted by Gasteiger charge is 2.31. The summed E-state index contributed by atoms with van der Waals surface area (Å²) in [5, 5.41) is 13.0. The Kier molecular flexibility index (Phi) is 11.1. The Balaban J connectivity index is 1.87. The molecule has 0 unspecified atom stereocenters. The molecule has 47 heavy (non-hydrogen) atoms. The first kappa shape index (κ1) is 34.8. The maximum absolute atomic E-state index is 14.1. The molecule has 1 amide bonds. The third kappa shape index (κ3) is 8.62. The fourth-order valence-electron chi connectivity index (χ4n) is 5.27. The van der Waals surface area contributed by atoms with E-state index in [-0.39, 0.29) is 36.7 Å². The van der Waals surface area contributed by atoms with Crippen molar-refractivity contribution < 1.29 is 41.8 Å². The Morgan fingerprint density at radius 3 is 2.19 bits per heavy atom. The first-order valence-electron chi connectivity index (χ1n) is 14.8. The van der Waals surface area contributed by atoms with Crippen LogP contribution in [0.2, 0.25) is 0 Å². The van der Waals surface area contributed by atoms with E-state index in [4.69, 9.17) is 0 Å². The molecule has 0 bridgehead atoms. The molecule has 0 aliphatic heterocycles. The molecule has 1 aromatic heterocycles. The second-order valence-electron chi connectivity index (χ2n) is 11.1. The normalized spacial score (nSPS) is 12.4. The van der Waals surface area contributed by atoms with Crippen molar-refractivity contribution >= 4 is 23.7 Å². The van der Waals surface area contributed by atoms with Crippen molar-refractivity contribution in [1.82, 2.24) is 9.88 Å². The van der Waals surface area contributed by atoms with Gasteiger partial charge in [0.15, 0.2) is 5.78 Å². The zero-order valence-electron chi connectivity index (χ0n) is 26.0. The number of hydrogen-bond donors (Lipinski definition) is 2. The topological polar surface area (TPSA) is 97.6 Å². The van der Waals surface area contributed by atoms with Crippen LogP contribution >= 0.6 is 0 Å². The van der Waals surface area contributed by atoms with Gasteiger partial charge in [-0.2, -0.15) is 13.2 Å². The molecule has 2 N–H and O–H groups in total. The van der Waals surface area contributed by atoms with E-state index in [1.54, 1.807) is 47.0 Å². The minimum absolute atomic E-state index is 0.176. The lowest BCUT2D eigenvalue weighted by molar-refractivity contribution is -0.143. The summed E-state index contributed by atoms with van der Waals surface area (Å²) in [6.07, 6.45) is -3.82. The number of aliphatic hydroxyl groups is 1. The Bertz CT molecular complexity index is 1760. The van der Waals surface area contributed by atoms with Gasteiger partial charge in [-0.3, -0.25) is 14.4 Å². The predicted octanol–water partition coefficient (Wildman–Crippen LogP) is 7.39. The Morgan fingerprint density at radius 1 is 0.915 bits per heavy atom. The van der Waals surface area contributed by atoms with E-state index in [2.05, 4.69) is 10.1 Å². The number of methoxy groups -OCH3 is 1. The molecule has 3 aromatic carbocycles. The molecule has 1 heterocycles. The summed E-state index contributed by atoms with van der Waals surface area (Å²) in [4.78, 5) is 38.6. The van der Waals surface area contributed by atoms with Gasteiger partial charge in [0.05, 0.1) is 30.9 Å². The number of nitrogens with one attached hydrogen (secondary N) is 1. The average Bonchev–Trinajstić information content (AvgIpc) is 3.38. The molecule has 11 heteroatoms. The zero-order chi connectivity index (χ0) is 34.3. The van der Waals surface area contributed by atoms with E-state index in [0.717, 1.165) is 12.1 Å². The van der Waals surface area contributed by atoms with Gasteiger partial charge in [0.1, 0.15) is 11.5 Å². The lowest BCUT2D eigenvalue weighted by Gasteiger charge is -2.17. The van der Waals surface area contributed by atoms with Crippen molar-refractivity contribution in [2.75, 3.05) is 7.11 Å². The molecule has 1 atom stereocenters. The number of nitrogens with zero attached hydrogens (tertiary/aromatic N) is 1. The Morgan fingerprint density at radius 2 is 1.57 bits per heavy atom. The molecule has 0 aliphatic rings. The van der Waals surface area contributed by atoms with Gasteiger partial charge in [-0.15, -0.1) is 0 Å². The summed E-state index contributed by atoms with van der Waals surface area (Å²) < 4.78 is 60.3. The number of carbonyl (C=O) groups is 3. The number of ether oxygens (including phenoxy) is 1. The average molecular weight is 651 g/mol. The van der Waals surface area contributed by atoms with Gasteiger partial charge < -0.3 is 19.7 Å². The maximum atomic E-state index is 14.1. The Labute approximate surface area is 269 Å². The quantitative estimate of drug-likeness (QED) is 0.0947. The molecule has 0 saturated heterocycles. The minimum atomic E-state index is -4.55. The van der Waals surface area contributed by atoms with Gasteiger partial charge >= 0.3 is 12.1 Å². The fourth-order valence-corrected chi connectivity index (χ4v) is 5.27. The van der Waals surface area contributed by atoms with E-state index < -0.39 is 41.3 Å². The summed E-state index contributed by atoms with van der Waals surface area (Å²) in [6.45, 7) is 3.45. The van der Waals surface area contributed by atoms with Gasteiger partial charge in [-0.1, -0.05) is 54.6 Å². The van der Waals surface area contributed by atoms with Crippen LogP contribution in [-0.2, 0) is 27.0 Å². The summed E-state index contributed by atoms with van der Waals surface area (Å²) in [7, 11) is 1.17. The molecule has 0 spiro atoms. The van der Waals surface area contributed by atoms with Crippen LogP contribution in [0, 0.1) is 5.82 Å². The monoisotopic (exact) mass is 650 g/mol. The van der Waals surface area contributed by atoms with Gasteiger partial charge in [-0.05, 0) is 67.0 Å². The molecular weight excluding hydrogens is 616 g/mol. The molecule has 0 saturated carbocycles. The van der Waals surface area contributed by atoms with Crippen LogP contribution in [0.1, 0.15) is 60.0 Å². The first-order chi connectivity index (χ1) is 22.3. The van der Waals surface area contributed by atoms with Crippen LogP contribution in [0.25, 0.3) is 28.3 Å². The van der Waals surface area contributed by atoms with Crippen LogP contribution in [0.4, 0.5) is 17.6 Å². The van der Waals surface area contributed by atoms with Crippen LogP contribution in [0.5, 0.6) is 0 Å². The molecule has 4 rings (SSSR count). The lowest BCUT2D eigenvalue weighted by atomic mass is 9.94. The molecular formula is C36H34F4N2O5. The second-order valence-corrected chi connectivity index (χ2v) is 11.1. The first-order valence-corrected chi connectivity index (χ1v) is 14.8. The number of hydrogen-bond acceptors (Lipinski definition) is 5. The van der Waals surface area contributed by atoms with Crippen LogP contribution in [0.3, 0.4) is 0 Å². The van der Waals surface area contributed by atoms with Crippen molar-refractivity contribution in [3.63, 3.8) is 0 Å². The number of halogens is 4. The van der Waals surface area contributed by atoms with Gasteiger partial charge in [0, 0.05) is 30.1 Å². The van der Waals surface area contributed by atoms with Gasteiger partial charge in [0.25, 0.3) is 5.91 Å². The summed E-state index contributed by atoms with van der Waals surface area (Å²) in [6, 6.07) is 18.9. The van der Waals surface area contributed by atoms with Crippen molar-refractivity contribution in [2.24, 2.45) is 0 Å². The van der Waals surface area contributed by atoms with E-state index >= 15 is 0 Å². The molecule has 4 aromatic rings. The number of allylic oxidation sites excluding steroid dienone is 1. The summed E-state index contributed by atoms with van der Waals surface area (Å²) in [5.41, 5.74) is 2.14.